The van der Waals surface area contributed by atoms with Crippen molar-refractivity contribution in [1.29, 1.82) is 0 Å². The fraction of sp³-hybridized carbons (Fsp3) is 0.947. The van der Waals surface area contributed by atoms with Crippen molar-refractivity contribution in [2.24, 2.45) is 23.7 Å². The normalized spacial score (nSPS) is 51.5. The fourth-order valence-electron chi connectivity index (χ4n) is 5.40. The van der Waals surface area contributed by atoms with Gasteiger partial charge in [-0.15, -0.1) is 0 Å². The third kappa shape index (κ3) is 2.64. The van der Waals surface area contributed by atoms with Crippen molar-refractivity contribution in [2.45, 2.75) is 90.2 Å². The molecule has 1 aliphatic carbocycles. The Morgan fingerprint density at radius 1 is 1.16 bits per heavy atom. The molecule has 5 rings (SSSR count). The van der Waals surface area contributed by atoms with E-state index in [1.807, 2.05) is 13.8 Å². The number of hydrogen-bond acceptors (Lipinski definition) is 6. The second-order valence-corrected chi connectivity index (χ2v) is 8.51. The number of carbonyl (C=O) groups excluding carboxylic acids is 1. The van der Waals surface area contributed by atoms with Crippen LogP contribution in [0.1, 0.15) is 66.2 Å². The zero-order chi connectivity index (χ0) is 17.8. The van der Waals surface area contributed by atoms with Gasteiger partial charge in [0.2, 0.25) is 12.1 Å². The van der Waals surface area contributed by atoms with Gasteiger partial charge in [0.05, 0.1) is 0 Å². The quantitative estimate of drug-likeness (QED) is 0.571. The minimum absolute atomic E-state index is 0.0433. The van der Waals surface area contributed by atoms with E-state index in [9.17, 15) is 4.79 Å². The first kappa shape index (κ1) is 17.7. The third-order valence-corrected chi connectivity index (χ3v) is 6.80. The van der Waals surface area contributed by atoms with Crippen LogP contribution in [0.15, 0.2) is 0 Å². The molecule has 0 aromatic rings. The van der Waals surface area contributed by atoms with E-state index in [2.05, 4.69) is 13.8 Å². The zero-order valence-electron chi connectivity index (χ0n) is 15.7. The number of rotatable bonds is 3. The maximum Gasteiger partial charge on any atom is 0.308 e. The van der Waals surface area contributed by atoms with Crippen molar-refractivity contribution >= 4 is 5.97 Å². The predicted molar refractivity (Wildman–Crippen MR) is 87.8 cm³/mol. The molecule has 0 N–H and O–H groups in total. The Hall–Kier alpha value is -0.690. The Balaban J connectivity index is 1.66. The molecule has 0 aromatic carbocycles. The lowest BCUT2D eigenvalue weighted by molar-refractivity contribution is -0.576. The predicted octanol–water partition coefficient (Wildman–Crippen LogP) is 3.54. The molecule has 5 aliphatic rings. The van der Waals surface area contributed by atoms with Gasteiger partial charge < -0.3 is 14.2 Å². The highest BCUT2D eigenvalue weighted by molar-refractivity contribution is 5.69. The molecule has 2 unspecified atom stereocenters. The molecule has 1 spiro atoms. The lowest BCUT2D eigenvalue weighted by Gasteiger charge is -2.59. The molecule has 25 heavy (non-hydrogen) atoms. The molecule has 4 aliphatic heterocycles. The topological polar surface area (TPSA) is 63.2 Å². The van der Waals surface area contributed by atoms with Gasteiger partial charge in [0.15, 0.2) is 11.9 Å². The van der Waals surface area contributed by atoms with Crippen molar-refractivity contribution in [1.82, 2.24) is 0 Å². The van der Waals surface area contributed by atoms with E-state index in [1.165, 1.54) is 0 Å². The van der Waals surface area contributed by atoms with Crippen LogP contribution >= 0.6 is 0 Å². The van der Waals surface area contributed by atoms with Crippen molar-refractivity contribution < 1.29 is 28.8 Å². The van der Waals surface area contributed by atoms with E-state index in [0.717, 1.165) is 32.1 Å². The van der Waals surface area contributed by atoms with Gasteiger partial charge in [0.25, 0.3) is 0 Å². The van der Waals surface area contributed by atoms with Gasteiger partial charge in [0, 0.05) is 24.7 Å². The molecule has 0 amide bonds. The summed E-state index contributed by atoms with van der Waals surface area (Å²) in [4.78, 5) is 23.9. The highest BCUT2D eigenvalue weighted by atomic mass is 17.3. The molecule has 0 radical (unpaired) electrons. The van der Waals surface area contributed by atoms with Gasteiger partial charge in [-0.25, -0.2) is 9.78 Å². The molecule has 5 fully saturated rings. The average Bonchev–Trinajstić information content (AvgIpc) is 2.79. The maximum absolute atomic E-state index is 12.0. The molecule has 142 valence electrons. The monoisotopic (exact) mass is 354 g/mol. The molecule has 6 nitrogen and oxygen atoms in total. The molecule has 0 aromatic heterocycles. The van der Waals surface area contributed by atoms with Crippen molar-refractivity contribution in [3.05, 3.63) is 0 Å². The summed E-state index contributed by atoms with van der Waals surface area (Å²) in [6, 6.07) is 0. The van der Waals surface area contributed by atoms with Crippen LogP contribution in [0.5, 0.6) is 0 Å². The molecule has 4 heterocycles. The SMILES string of the molecule is CCCC(=O)OC1O[C@@H]2O[C@]3(C)CC[C@H]4[C@H](C)CCC([C@H]1C)[C@@]24OO3. The zero-order valence-corrected chi connectivity index (χ0v) is 15.7. The van der Waals surface area contributed by atoms with E-state index in [4.69, 9.17) is 24.0 Å². The fourth-order valence-corrected chi connectivity index (χ4v) is 5.40. The van der Waals surface area contributed by atoms with E-state index in [1.54, 1.807) is 0 Å². The van der Waals surface area contributed by atoms with Crippen LogP contribution in [-0.4, -0.2) is 29.9 Å². The summed E-state index contributed by atoms with van der Waals surface area (Å²) in [7, 11) is 0. The van der Waals surface area contributed by atoms with Crippen molar-refractivity contribution in [3.8, 4) is 0 Å². The smallest absolute Gasteiger partial charge is 0.308 e. The summed E-state index contributed by atoms with van der Waals surface area (Å²) in [6.07, 6.45) is 3.97. The summed E-state index contributed by atoms with van der Waals surface area (Å²) in [6.45, 7) is 8.24. The molecule has 8 atom stereocenters. The van der Waals surface area contributed by atoms with Crippen LogP contribution in [0.4, 0.5) is 0 Å². The van der Waals surface area contributed by atoms with E-state index >= 15 is 0 Å². The Morgan fingerprint density at radius 2 is 1.96 bits per heavy atom. The molecular formula is C19H30O6. The highest BCUT2D eigenvalue weighted by Crippen LogP contribution is 2.60. The lowest BCUT2D eigenvalue weighted by Crippen LogP contribution is -2.70. The summed E-state index contributed by atoms with van der Waals surface area (Å²) < 4.78 is 18.1. The van der Waals surface area contributed by atoms with Crippen LogP contribution in [0, 0.1) is 23.7 Å². The molecule has 1 saturated carbocycles. The lowest BCUT2D eigenvalue weighted by atomic mass is 9.58. The Morgan fingerprint density at radius 3 is 2.72 bits per heavy atom. The van der Waals surface area contributed by atoms with Gasteiger partial charge in [-0.3, -0.25) is 4.79 Å². The summed E-state index contributed by atoms with van der Waals surface area (Å²) in [5.74, 6) is 0.0851. The summed E-state index contributed by atoms with van der Waals surface area (Å²) in [5.41, 5.74) is -0.596. The van der Waals surface area contributed by atoms with Crippen LogP contribution < -0.4 is 0 Å². The Labute approximate surface area is 149 Å². The first-order valence-corrected chi connectivity index (χ1v) is 9.79. The first-order chi connectivity index (χ1) is 11.9. The van der Waals surface area contributed by atoms with Gasteiger partial charge in [-0.1, -0.05) is 20.8 Å². The minimum atomic E-state index is -0.796. The van der Waals surface area contributed by atoms with Crippen LogP contribution in [-0.2, 0) is 28.8 Å². The van der Waals surface area contributed by atoms with Crippen molar-refractivity contribution in [2.75, 3.05) is 0 Å². The first-order valence-electron chi connectivity index (χ1n) is 9.79. The summed E-state index contributed by atoms with van der Waals surface area (Å²) >= 11 is 0. The average molecular weight is 354 g/mol. The van der Waals surface area contributed by atoms with Gasteiger partial charge in [0.1, 0.15) is 0 Å². The molecule has 6 heteroatoms. The number of carbonyl (C=O) groups is 1. The number of esters is 1. The number of fused-ring (bicyclic) bond motifs is 2. The van der Waals surface area contributed by atoms with Crippen LogP contribution in [0.25, 0.3) is 0 Å². The maximum atomic E-state index is 12.0. The van der Waals surface area contributed by atoms with Crippen LogP contribution in [0.2, 0.25) is 0 Å². The van der Waals surface area contributed by atoms with E-state index < -0.39 is 24.0 Å². The third-order valence-electron chi connectivity index (χ3n) is 6.80. The van der Waals surface area contributed by atoms with E-state index in [0.29, 0.717) is 18.3 Å². The van der Waals surface area contributed by atoms with Crippen LogP contribution in [0.3, 0.4) is 0 Å². The Kier molecular flexibility index (Phi) is 4.38. The van der Waals surface area contributed by atoms with Gasteiger partial charge >= 0.3 is 5.97 Å². The van der Waals surface area contributed by atoms with Crippen molar-refractivity contribution in [3.63, 3.8) is 0 Å². The largest absolute Gasteiger partial charge is 0.435 e. The molecular weight excluding hydrogens is 324 g/mol. The van der Waals surface area contributed by atoms with Gasteiger partial charge in [-0.05, 0) is 44.4 Å². The molecule has 2 bridgehead atoms. The second kappa shape index (κ2) is 6.19. The van der Waals surface area contributed by atoms with E-state index in [-0.39, 0.29) is 17.8 Å². The number of ether oxygens (including phenoxy) is 3. The minimum Gasteiger partial charge on any atom is -0.435 e. The second-order valence-electron chi connectivity index (χ2n) is 8.51. The van der Waals surface area contributed by atoms with Gasteiger partial charge in [-0.2, -0.15) is 0 Å². The highest BCUT2D eigenvalue weighted by Gasteiger charge is 2.69. The standard InChI is InChI=1S/C19H30O6/c1-5-6-15(20)21-16-12(3)14-8-7-11(2)13-9-10-18(4)23-17(22-16)19(13,14)25-24-18/h11-14,16-17H,5-10H2,1-4H3/t11-,12-,13+,14?,16?,17-,18+,19-/m1/s1. The number of hydrogen-bond donors (Lipinski definition) is 0. The summed E-state index contributed by atoms with van der Waals surface area (Å²) in [5, 5.41) is 0. The molecule has 4 saturated heterocycles. The Bertz CT molecular complexity index is 538.